The minimum Gasteiger partial charge on any atom is -0.369 e. The van der Waals surface area contributed by atoms with Crippen LogP contribution in [0.25, 0.3) is 0 Å². The summed E-state index contributed by atoms with van der Waals surface area (Å²) in [6.07, 6.45) is 5.67. The summed E-state index contributed by atoms with van der Waals surface area (Å²) >= 11 is 0. The average Bonchev–Trinajstić information content (AvgIpc) is 3.19. The number of hydrogen-bond donors (Lipinski definition) is 0. The highest BCUT2D eigenvalue weighted by Gasteiger charge is 2.68. The van der Waals surface area contributed by atoms with Crippen LogP contribution < -0.4 is 0 Å². The topological polar surface area (TPSA) is 42.1 Å². The van der Waals surface area contributed by atoms with Gasteiger partial charge in [-0.25, -0.2) is 0 Å². The number of allylic oxidation sites excluding steroid dienone is 1. The molecule has 0 N–H and O–H groups in total. The number of rotatable bonds is 3. The molecule has 3 aliphatic rings. The van der Waals surface area contributed by atoms with Crippen molar-refractivity contribution in [2.45, 2.75) is 63.8 Å². The van der Waals surface area contributed by atoms with Gasteiger partial charge in [0.2, 0.25) is 0 Å². The summed E-state index contributed by atoms with van der Waals surface area (Å²) in [5.41, 5.74) is 1.16. The van der Waals surface area contributed by atoms with Crippen LogP contribution in [0.2, 0.25) is 0 Å². The van der Waals surface area contributed by atoms with E-state index < -0.39 is 0 Å². The van der Waals surface area contributed by atoms with Crippen molar-refractivity contribution in [2.75, 3.05) is 6.61 Å². The first-order valence-corrected chi connectivity index (χ1v) is 6.93. The van der Waals surface area contributed by atoms with Crippen molar-refractivity contribution in [3.05, 3.63) is 11.6 Å². The third-order valence-electron chi connectivity index (χ3n) is 4.82. The molecule has 0 aromatic heterocycles. The lowest BCUT2D eigenvalue weighted by Crippen LogP contribution is -2.42. The molecule has 2 aliphatic heterocycles. The summed E-state index contributed by atoms with van der Waals surface area (Å²) in [6, 6.07) is 0. The molecule has 1 aliphatic carbocycles. The summed E-state index contributed by atoms with van der Waals surface area (Å²) < 4.78 is 11.6. The molecule has 0 aromatic carbocycles. The van der Waals surface area contributed by atoms with Crippen molar-refractivity contribution >= 4 is 5.78 Å². The molecule has 3 fully saturated rings. The van der Waals surface area contributed by atoms with Gasteiger partial charge in [-0.1, -0.05) is 11.6 Å². The average molecular weight is 250 g/mol. The highest BCUT2D eigenvalue weighted by Crippen LogP contribution is 2.58. The van der Waals surface area contributed by atoms with Gasteiger partial charge in [0.1, 0.15) is 5.78 Å². The third kappa shape index (κ3) is 1.94. The van der Waals surface area contributed by atoms with Gasteiger partial charge in [-0.05, 0) is 33.6 Å². The molecule has 3 rings (SSSR count). The van der Waals surface area contributed by atoms with Gasteiger partial charge in [0.15, 0.2) is 0 Å². The third-order valence-corrected chi connectivity index (χ3v) is 4.82. The molecular formula is C15H22O3. The van der Waals surface area contributed by atoms with Gasteiger partial charge < -0.3 is 9.47 Å². The van der Waals surface area contributed by atoms with Gasteiger partial charge in [-0.2, -0.15) is 0 Å². The molecule has 0 bridgehead atoms. The van der Waals surface area contributed by atoms with Crippen LogP contribution in [0.1, 0.15) is 46.5 Å². The van der Waals surface area contributed by atoms with E-state index in [-0.39, 0.29) is 23.2 Å². The summed E-state index contributed by atoms with van der Waals surface area (Å²) in [6.45, 7) is 7.19. The summed E-state index contributed by atoms with van der Waals surface area (Å²) in [5.74, 6) is 0.639. The van der Waals surface area contributed by atoms with Crippen LogP contribution in [0.4, 0.5) is 0 Å². The Labute approximate surface area is 109 Å². The van der Waals surface area contributed by atoms with E-state index in [0.29, 0.717) is 18.6 Å². The fourth-order valence-electron chi connectivity index (χ4n) is 3.41. The monoisotopic (exact) mass is 250 g/mol. The molecular weight excluding hydrogens is 228 g/mol. The fourth-order valence-corrected chi connectivity index (χ4v) is 3.41. The molecule has 4 atom stereocenters. The number of epoxide rings is 2. The van der Waals surface area contributed by atoms with Crippen molar-refractivity contribution in [1.82, 2.24) is 0 Å². The number of Topliss-reactive ketones (excluding diaryl/α,β-unsaturated/α-hetero) is 1. The first-order chi connectivity index (χ1) is 8.46. The standard InChI is InChI=1S/C15H22O3/c1-10(2)4-5-13-14(3,18-13)12-8-11(16)6-7-15(12)9-17-15/h4,12-13H,5-9H2,1-3H3/t12-,13?,14-,15+/m1/s1. The summed E-state index contributed by atoms with van der Waals surface area (Å²) in [4.78, 5) is 11.7. The maximum Gasteiger partial charge on any atom is 0.133 e. The van der Waals surface area contributed by atoms with Crippen molar-refractivity contribution in [3.8, 4) is 0 Å². The number of ketones is 1. The molecule has 0 radical (unpaired) electrons. The van der Waals surface area contributed by atoms with E-state index in [2.05, 4.69) is 26.8 Å². The molecule has 0 amide bonds. The number of carbonyl (C=O) groups excluding carboxylic acids is 1. The smallest absolute Gasteiger partial charge is 0.133 e. The van der Waals surface area contributed by atoms with E-state index >= 15 is 0 Å². The lowest BCUT2D eigenvalue weighted by atomic mass is 9.71. The van der Waals surface area contributed by atoms with E-state index in [1.807, 2.05) is 0 Å². The van der Waals surface area contributed by atoms with Crippen molar-refractivity contribution < 1.29 is 14.3 Å². The highest BCUT2D eigenvalue weighted by atomic mass is 16.6. The van der Waals surface area contributed by atoms with Gasteiger partial charge >= 0.3 is 0 Å². The van der Waals surface area contributed by atoms with E-state index in [4.69, 9.17) is 9.47 Å². The number of ether oxygens (including phenoxy) is 2. The second-order valence-electron chi connectivity index (χ2n) is 6.46. The molecule has 1 saturated carbocycles. The summed E-state index contributed by atoms with van der Waals surface area (Å²) in [5, 5.41) is 0. The van der Waals surface area contributed by atoms with E-state index in [1.165, 1.54) is 5.57 Å². The molecule has 18 heavy (non-hydrogen) atoms. The largest absolute Gasteiger partial charge is 0.369 e. The van der Waals surface area contributed by atoms with Crippen LogP contribution in [0.15, 0.2) is 11.6 Å². The zero-order valence-corrected chi connectivity index (χ0v) is 11.5. The van der Waals surface area contributed by atoms with E-state index in [0.717, 1.165) is 19.4 Å². The lowest BCUT2D eigenvalue weighted by Gasteiger charge is -2.31. The van der Waals surface area contributed by atoms with Crippen molar-refractivity contribution in [3.63, 3.8) is 0 Å². The zero-order chi connectivity index (χ0) is 13.0. The van der Waals surface area contributed by atoms with Gasteiger partial charge in [-0.3, -0.25) is 4.79 Å². The van der Waals surface area contributed by atoms with E-state index in [1.54, 1.807) is 0 Å². The Balaban J connectivity index is 1.71. The van der Waals surface area contributed by atoms with Gasteiger partial charge in [-0.15, -0.1) is 0 Å². The molecule has 100 valence electrons. The Hall–Kier alpha value is -0.670. The Bertz CT molecular complexity index is 404. The fraction of sp³-hybridized carbons (Fsp3) is 0.800. The Morgan fingerprint density at radius 2 is 2.22 bits per heavy atom. The first kappa shape index (κ1) is 12.4. The zero-order valence-electron chi connectivity index (χ0n) is 11.5. The van der Waals surface area contributed by atoms with Crippen LogP contribution in [0.5, 0.6) is 0 Å². The quantitative estimate of drug-likeness (QED) is 0.571. The van der Waals surface area contributed by atoms with Gasteiger partial charge in [0.05, 0.1) is 23.9 Å². The molecule has 0 aromatic rings. The number of carbonyl (C=O) groups is 1. The molecule has 1 spiro atoms. The second-order valence-corrected chi connectivity index (χ2v) is 6.46. The molecule has 3 nitrogen and oxygen atoms in total. The molecule has 2 saturated heterocycles. The van der Waals surface area contributed by atoms with Crippen LogP contribution in [0.3, 0.4) is 0 Å². The van der Waals surface area contributed by atoms with Crippen molar-refractivity contribution in [2.24, 2.45) is 5.92 Å². The Kier molecular flexibility index (Phi) is 2.69. The van der Waals surface area contributed by atoms with Gasteiger partial charge in [0.25, 0.3) is 0 Å². The minimum absolute atomic E-state index is 0.0254. The Morgan fingerprint density at radius 3 is 2.83 bits per heavy atom. The van der Waals surface area contributed by atoms with E-state index in [9.17, 15) is 4.79 Å². The lowest BCUT2D eigenvalue weighted by molar-refractivity contribution is -0.124. The second kappa shape index (κ2) is 3.91. The predicted molar refractivity (Wildman–Crippen MR) is 68.4 cm³/mol. The van der Waals surface area contributed by atoms with Crippen LogP contribution in [-0.4, -0.2) is 29.7 Å². The predicted octanol–water partition coefficient (Wildman–Crippen LogP) is 2.64. The minimum atomic E-state index is -0.140. The van der Waals surface area contributed by atoms with Crippen LogP contribution in [0, 0.1) is 5.92 Å². The SMILES string of the molecule is CC(C)=CCC1O[C@]1(C)[C@H]1CC(=O)CC[C@]12CO2. The van der Waals surface area contributed by atoms with Crippen LogP contribution >= 0.6 is 0 Å². The highest BCUT2D eigenvalue weighted by molar-refractivity contribution is 5.80. The van der Waals surface area contributed by atoms with Crippen LogP contribution in [-0.2, 0) is 14.3 Å². The maximum atomic E-state index is 11.7. The molecule has 2 heterocycles. The first-order valence-electron chi connectivity index (χ1n) is 6.93. The van der Waals surface area contributed by atoms with Gasteiger partial charge in [0, 0.05) is 18.8 Å². The molecule has 3 heteroatoms. The Morgan fingerprint density at radius 1 is 1.50 bits per heavy atom. The number of hydrogen-bond acceptors (Lipinski definition) is 3. The molecule has 1 unspecified atom stereocenters. The van der Waals surface area contributed by atoms with Crippen molar-refractivity contribution in [1.29, 1.82) is 0 Å². The normalized spacial score (nSPS) is 46.1. The maximum absolute atomic E-state index is 11.7. The summed E-state index contributed by atoms with van der Waals surface area (Å²) in [7, 11) is 0.